The van der Waals surface area contributed by atoms with Gasteiger partial charge in [0.2, 0.25) is 0 Å². The van der Waals surface area contributed by atoms with Crippen LogP contribution in [-0.2, 0) is 0 Å². The fraction of sp³-hybridized carbons (Fsp3) is 1.00. The summed E-state index contributed by atoms with van der Waals surface area (Å²) in [6, 6.07) is -0.704. The maximum Gasteiger partial charge on any atom is 0.390 e. The molecule has 0 aromatic rings. The predicted octanol–water partition coefficient (Wildman–Crippen LogP) is 0.791. The Morgan fingerprint density at radius 3 is 2.11 bits per heavy atom. The highest BCUT2D eigenvalue weighted by Gasteiger charge is 2.29. The molecule has 0 rings (SSSR count). The molecule has 0 aliphatic heterocycles. The molecule has 0 aliphatic rings. The van der Waals surface area contributed by atoms with Crippen LogP contribution in [-0.4, -0.2) is 12.2 Å². The third-order valence-electron chi connectivity index (χ3n) is 0.822. The van der Waals surface area contributed by atoms with Crippen LogP contribution in [0.15, 0.2) is 0 Å². The molecule has 0 spiro atoms. The van der Waals surface area contributed by atoms with Gasteiger partial charge in [-0.1, -0.05) is 0 Å². The third kappa shape index (κ3) is 5.58. The quantitative estimate of drug-likeness (QED) is 0.442. The Morgan fingerprint density at radius 2 is 2.00 bits per heavy atom. The number of hydrogen-bond donors (Lipinski definition) is 2. The molecule has 1 unspecified atom stereocenters. The number of halogens is 3. The van der Waals surface area contributed by atoms with Crippen molar-refractivity contribution >= 4 is 0 Å². The summed E-state index contributed by atoms with van der Waals surface area (Å²) in [4.78, 5) is 0. The second-order valence-electron chi connectivity index (χ2n) is 1.89. The molecule has 0 aromatic carbocycles. The van der Waals surface area contributed by atoms with E-state index in [4.69, 9.17) is 5.84 Å². The van der Waals surface area contributed by atoms with Gasteiger partial charge in [0, 0.05) is 6.04 Å². The molecule has 56 valence electrons. The van der Waals surface area contributed by atoms with Crippen molar-refractivity contribution < 1.29 is 13.2 Å². The molecule has 0 saturated heterocycles. The van der Waals surface area contributed by atoms with E-state index >= 15 is 0 Å². The van der Waals surface area contributed by atoms with Crippen LogP contribution in [0.5, 0.6) is 0 Å². The first-order valence-corrected chi connectivity index (χ1v) is 2.48. The van der Waals surface area contributed by atoms with E-state index in [0.29, 0.717) is 0 Å². The number of alkyl halides is 3. The molecule has 0 aliphatic carbocycles. The SMILES string of the molecule is CC(CC(F)(F)F)NN. The van der Waals surface area contributed by atoms with E-state index in [1.807, 2.05) is 5.43 Å². The maximum atomic E-state index is 11.4. The average Bonchev–Trinajstić information content (AvgIpc) is 1.62. The molecule has 2 nitrogen and oxygen atoms in total. The summed E-state index contributed by atoms with van der Waals surface area (Å²) >= 11 is 0. The summed E-state index contributed by atoms with van der Waals surface area (Å²) in [5, 5.41) is 0. The highest BCUT2D eigenvalue weighted by molar-refractivity contribution is 4.61. The fourth-order valence-electron chi connectivity index (χ4n) is 0.406. The number of hydrogen-bond acceptors (Lipinski definition) is 2. The predicted molar refractivity (Wildman–Crippen MR) is 27.5 cm³/mol. The minimum absolute atomic E-state index is 0.704. The fourth-order valence-corrected chi connectivity index (χ4v) is 0.406. The van der Waals surface area contributed by atoms with E-state index in [1.165, 1.54) is 6.92 Å². The van der Waals surface area contributed by atoms with Gasteiger partial charge >= 0.3 is 6.18 Å². The van der Waals surface area contributed by atoms with Gasteiger partial charge in [0.15, 0.2) is 0 Å². The number of nitrogens with one attached hydrogen (secondary N) is 1. The Kier molecular flexibility index (Phi) is 2.93. The second kappa shape index (κ2) is 3.03. The summed E-state index contributed by atoms with van der Waals surface area (Å²) < 4.78 is 34.2. The van der Waals surface area contributed by atoms with Gasteiger partial charge in [0.1, 0.15) is 0 Å². The Balaban J connectivity index is 3.47. The van der Waals surface area contributed by atoms with Crippen molar-refractivity contribution in [2.45, 2.75) is 25.6 Å². The van der Waals surface area contributed by atoms with Gasteiger partial charge in [-0.15, -0.1) is 0 Å². The molecular weight excluding hydrogens is 133 g/mol. The Labute approximate surface area is 51.2 Å². The normalized spacial score (nSPS) is 15.7. The highest BCUT2D eigenvalue weighted by Crippen LogP contribution is 2.20. The molecule has 0 bridgehead atoms. The first-order chi connectivity index (χ1) is 3.95. The third-order valence-corrected chi connectivity index (χ3v) is 0.822. The molecule has 0 amide bonds. The molecular formula is C4H9F3N2. The number of nitrogens with two attached hydrogens (primary N) is 1. The molecule has 1 atom stereocenters. The van der Waals surface area contributed by atoms with Crippen molar-refractivity contribution in [2.75, 3.05) is 0 Å². The van der Waals surface area contributed by atoms with E-state index in [0.717, 1.165) is 0 Å². The van der Waals surface area contributed by atoms with Crippen molar-refractivity contribution in [3.05, 3.63) is 0 Å². The lowest BCUT2D eigenvalue weighted by molar-refractivity contribution is -0.139. The zero-order valence-corrected chi connectivity index (χ0v) is 5.00. The maximum absolute atomic E-state index is 11.4. The Bertz CT molecular complexity index is 80.4. The van der Waals surface area contributed by atoms with Crippen molar-refractivity contribution in [1.29, 1.82) is 0 Å². The van der Waals surface area contributed by atoms with Crippen LogP contribution in [0.3, 0.4) is 0 Å². The summed E-state index contributed by atoms with van der Waals surface area (Å²) in [7, 11) is 0. The van der Waals surface area contributed by atoms with Crippen LogP contribution in [0.1, 0.15) is 13.3 Å². The van der Waals surface area contributed by atoms with Gasteiger partial charge in [-0.3, -0.25) is 11.3 Å². The lowest BCUT2D eigenvalue weighted by Crippen LogP contribution is -2.36. The van der Waals surface area contributed by atoms with Crippen molar-refractivity contribution in [2.24, 2.45) is 5.84 Å². The van der Waals surface area contributed by atoms with Gasteiger partial charge in [-0.05, 0) is 6.92 Å². The summed E-state index contributed by atoms with van der Waals surface area (Å²) in [5.41, 5.74) is 2.00. The minimum atomic E-state index is -4.12. The lowest BCUT2D eigenvalue weighted by atomic mass is 10.2. The summed E-state index contributed by atoms with van der Waals surface area (Å²) in [6.45, 7) is 1.37. The van der Waals surface area contributed by atoms with E-state index in [2.05, 4.69) is 0 Å². The van der Waals surface area contributed by atoms with Gasteiger partial charge in [-0.25, -0.2) is 0 Å². The van der Waals surface area contributed by atoms with Crippen LogP contribution in [0.25, 0.3) is 0 Å². The summed E-state index contributed by atoms with van der Waals surface area (Å²) in [5.74, 6) is 4.73. The van der Waals surface area contributed by atoms with Gasteiger partial charge in [0.25, 0.3) is 0 Å². The van der Waals surface area contributed by atoms with Gasteiger partial charge in [0.05, 0.1) is 6.42 Å². The van der Waals surface area contributed by atoms with Crippen molar-refractivity contribution in [3.63, 3.8) is 0 Å². The first-order valence-electron chi connectivity index (χ1n) is 2.48. The van der Waals surface area contributed by atoms with Crippen molar-refractivity contribution in [1.82, 2.24) is 5.43 Å². The Morgan fingerprint density at radius 1 is 1.56 bits per heavy atom. The number of hydrazine groups is 1. The van der Waals surface area contributed by atoms with Crippen molar-refractivity contribution in [3.8, 4) is 0 Å². The molecule has 0 radical (unpaired) electrons. The van der Waals surface area contributed by atoms with Gasteiger partial charge in [-0.2, -0.15) is 13.2 Å². The molecule has 5 heteroatoms. The topological polar surface area (TPSA) is 38.0 Å². The lowest BCUT2D eigenvalue weighted by Gasteiger charge is -2.11. The zero-order valence-electron chi connectivity index (χ0n) is 5.00. The van der Waals surface area contributed by atoms with Crippen LogP contribution < -0.4 is 11.3 Å². The molecule has 0 saturated carbocycles. The minimum Gasteiger partial charge on any atom is -0.271 e. The summed E-state index contributed by atoms with van der Waals surface area (Å²) in [6.07, 6.45) is -5.00. The monoisotopic (exact) mass is 142 g/mol. The van der Waals surface area contributed by atoms with E-state index in [-0.39, 0.29) is 0 Å². The van der Waals surface area contributed by atoms with E-state index in [1.54, 1.807) is 0 Å². The first kappa shape index (κ1) is 8.71. The number of rotatable bonds is 2. The van der Waals surface area contributed by atoms with Crippen LogP contribution in [0, 0.1) is 0 Å². The van der Waals surface area contributed by atoms with Crippen LogP contribution in [0.4, 0.5) is 13.2 Å². The largest absolute Gasteiger partial charge is 0.390 e. The highest BCUT2D eigenvalue weighted by atomic mass is 19.4. The molecule has 9 heavy (non-hydrogen) atoms. The van der Waals surface area contributed by atoms with Crippen LogP contribution >= 0.6 is 0 Å². The molecule has 3 N–H and O–H groups in total. The smallest absolute Gasteiger partial charge is 0.271 e. The van der Waals surface area contributed by atoms with E-state index in [9.17, 15) is 13.2 Å². The van der Waals surface area contributed by atoms with Crippen LogP contribution in [0.2, 0.25) is 0 Å². The standard InChI is InChI=1S/C4H9F3N2/c1-3(9-8)2-4(5,6)7/h3,9H,2,8H2,1H3. The molecule has 0 heterocycles. The Hall–Kier alpha value is -0.290. The van der Waals surface area contributed by atoms with E-state index < -0.39 is 18.6 Å². The molecule has 0 fully saturated rings. The van der Waals surface area contributed by atoms with Gasteiger partial charge < -0.3 is 0 Å². The average molecular weight is 142 g/mol. The second-order valence-corrected chi connectivity index (χ2v) is 1.89. The molecule has 0 aromatic heterocycles. The zero-order chi connectivity index (χ0) is 7.49.